The minimum atomic E-state index is 0.610. The van der Waals surface area contributed by atoms with Crippen LogP contribution < -0.4 is 0 Å². The predicted octanol–water partition coefficient (Wildman–Crippen LogP) is 2.69. The van der Waals surface area contributed by atoms with Crippen LogP contribution in [0, 0.1) is 11.8 Å². The average Bonchev–Trinajstić information content (AvgIpc) is 1.86. The van der Waals surface area contributed by atoms with Gasteiger partial charge in [-0.3, -0.25) is 0 Å². The van der Waals surface area contributed by atoms with Crippen molar-refractivity contribution >= 4 is 6.21 Å². The lowest BCUT2D eigenvalue weighted by atomic mass is 10.0. The molecule has 0 spiro atoms. The van der Waals surface area contributed by atoms with Crippen LogP contribution in [-0.4, -0.2) is 12.8 Å². The molecule has 0 aliphatic heterocycles. The summed E-state index contributed by atoms with van der Waals surface area (Å²) in [5.74, 6) is 1.36. The first-order valence-electron chi connectivity index (χ1n) is 4.26. The second-order valence-electron chi connectivity index (χ2n) is 3.39. The van der Waals surface area contributed by atoms with Gasteiger partial charge in [0.1, 0.15) is 6.61 Å². The molecule has 0 aromatic rings. The Hall–Kier alpha value is -0.530. The molecule has 0 aliphatic rings. The van der Waals surface area contributed by atoms with E-state index in [-0.39, 0.29) is 0 Å². The smallest absolute Gasteiger partial charge is 0.119 e. The van der Waals surface area contributed by atoms with Gasteiger partial charge in [-0.2, -0.15) is 0 Å². The SMILES string of the molecule is C/C=N\OCC(C)CC(C)C. The summed E-state index contributed by atoms with van der Waals surface area (Å²) in [7, 11) is 0. The van der Waals surface area contributed by atoms with E-state index in [0.29, 0.717) is 5.92 Å². The van der Waals surface area contributed by atoms with Crippen LogP contribution in [0.1, 0.15) is 34.1 Å². The van der Waals surface area contributed by atoms with Gasteiger partial charge >= 0.3 is 0 Å². The second-order valence-corrected chi connectivity index (χ2v) is 3.39. The van der Waals surface area contributed by atoms with Crippen molar-refractivity contribution in [2.45, 2.75) is 34.1 Å². The Morgan fingerprint density at radius 1 is 1.36 bits per heavy atom. The third-order valence-electron chi connectivity index (χ3n) is 1.41. The lowest BCUT2D eigenvalue weighted by Crippen LogP contribution is -2.06. The van der Waals surface area contributed by atoms with Crippen LogP contribution in [0.5, 0.6) is 0 Å². The molecule has 0 bridgehead atoms. The van der Waals surface area contributed by atoms with Gasteiger partial charge in [0.2, 0.25) is 0 Å². The van der Waals surface area contributed by atoms with Gasteiger partial charge in [0.05, 0.1) is 0 Å². The van der Waals surface area contributed by atoms with E-state index in [1.807, 2.05) is 6.92 Å². The van der Waals surface area contributed by atoms with E-state index in [4.69, 9.17) is 4.84 Å². The molecule has 11 heavy (non-hydrogen) atoms. The molecule has 0 aromatic carbocycles. The van der Waals surface area contributed by atoms with Gasteiger partial charge in [0.15, 0.2) is 0 Å². The zero-order valence-corrected chi connectivity index (χ0v) is 8.00. The molecule has 2 nitrogen and oxygen atoms in total. The van der Waals surface area contributed by atoms with E-state index < -0.39 is 0 Å². The zero-order chi connectivity index (χ0) is 8.69. The van der Waals surface area contributed by atoms with Crippen LogP contribution in [0.3, 0.4) is 0 Å². The highest BCUT2D eigenvalue weighted by Gasteiger charge is 2.04. The van der Waals surface area contributed by atoms with E-state index in [2.05, 4.69) is 25.9 Å². The molecule has 0 N–H and O–H groups in total. The maximum Gasteiger partial charge on any atom is 0.119 e. The summed E-state index contributed by atoms with van der Waals surface area (Å²) in [6.45, 7) is 9.22. The molecule has 0 aromatic heterocycles. The van der Waals surface area contributed by atoms with Gasteiger partial charge in [-0.1, -0.05) is 25.9 Å². The third kappa shape index (κ3) is 7.37. The lowest BCUT2D eigenvalue weighted by molar-refractivity contribution is 0.106. The molecule has 1 unspecified atom stereocenters. The van der Waals surface area contributed by atoms with Crippen molar-refractivity contribution in [2.75, 3.05) is 6.61 Å². The molecule has 0 heterocycles. The van der Waals surface area contributed by atoms with Crippen molar-refractivity contribution in [1.82, 2.24) is 0 Å². The van der Waals surface area contributed by atoms with Gasteiger partial charge in [-0.05, 0) is 25.2 Å². The van der Waals surface area contributed by atoms with Gasteiger partial charge in [-0.15, -0.1) is 0 Å². The maximum absolute atomic E-state index is 5.01. The number of rotatable bonds is 5. The summed E-state index contributed by atoms with van der Waals surface area (Å²) < 4.78 is 0. The fourth-order valence-electron chi connectivity index (χ4n) is 1.12. The topological polar surface area (TPSA) is 21.6 Å². The molecule has 2 heteroatoms. The number of nitrogens with zero attached hydrogens (tertiary/aromatic N) is 1. The van der Waals surface area contributed by atoms with Gasteiger partial charge in [0, 0.05) is 6.21 Å². The molecule has 0 fully saturated rings. The van der Waals surface area contributed by atoms with E-state index in [9.17, 15) is 0 Å². The van der Waals surface area contributed by atoms with Crippen LogP contribution in [-0.2, 0) is 4.84 Å². The molecule has 0 saturated carbocycles. The number of hydrogen-bond acceptors (Lipinski definition) is 2. The van der Waals surface area contributed by atoms with Crippen molar-refractivity contribution in [2.24, 2.45) is 17.0 Å². The highest BCUT2D eigenvalue weighted by atomic mass is 16.6. The van der Waals surface area contributed by atoms with Crippen LogP contribution in [0.4, 0.5) is 0 Å². The van der Waals surface area contributed by atoms with Crippen LogP contribution in [0.25, 0.3) is 0 Å². The normalized spacial score (nSPS) is 14.3. The standard InChI is InChI=1S/C9H19NO/c1-5-10-11-7-9(4)6-8(2)3/h5,8-9H,6-7H2,1-4H3/b10-5-. The Morgan fingerprint density at radius 2 is 2.00 bits per heavy atom. The van der Waals surface area contributed by atoms with Gasteiger partial charge < -0.3 is 4.84 Å². The van der Waals surface area contributed by atoms with Gasteiger partial charge in [-0.25, -0.2) is 0 Å². The van der Waals surface area contributed by atoms with Crippen LogP contribution >= 0.6 is 0 Å². The second kappa shape index (κ2) is 6.20. The molecule has 0 radical (unpaired) electrons. The minimum Gasteiger partial charge on any atom is -0.396 e. The Balaban J connectivity index is 3.29. The summed E-state index contributed by atoms with van der Waals surface area (Å²) in [6.07, 6.45) is 2.88. The average molecular weight is 157 g/mol. The summed E-state index contributed by atoms with van der Waals surface area (Å²) in [4.78, 5) is 5.01. The highest BCUT2D eigenvalue weighted by molar-refractivity contribution is 5.52. The minimum absolute atomic E-state index is 0.610. The summed E-state index contributed by atoms with van der Waals surface area (Å²) >= 11 is 0. The maximum atomic E-state index is 5.01. The predicted molar refractivity (Wildman–Crippen MR) is 48.7 cm³/mol. The third-order valence-corrected chi connectivity index (χ3v) is 1.41. The Kier molecular flexibility index (Phi) is 5.90. The first-order valence-corrected chi connectivity index (χ1v) is 4.26. The monoisotopic (exact) mass is 157 g/mol. The fraction of sp³-hybridized carbons (Fsp3) is 0.889. The van der Waals surface area contributed by atoms with Crippen LogP contribution in [0.2, 0.25) is 0 Å². The zero-order valence-electron chi connectivity index (χ0n) is 8.00. The van der Waals surface area contributed by atoms with Crippen molar-refractivity contribution in [3.8, 4) is 0 Å². The lowest BCUT2D eigenvalue weighted by Gasteiger charge is -2.11. The highest BCUT2D eigenvalue weighted by Crippen LogP contribution is 2.10. The molecule has 0 aliphatic carbocycles. The van der Waals surface area contributed by atoms with E-state index in [1.165, 1.54) is 6.42 Å². The van der Waals surface area contributed by atoms with Crippen molar-refractivity contribution < 1.29 is 4.84 Å². The van der Waals surface area contributed by atoms with Crippen molar-refractivity contribution in [1.29, 1.82) is 0 Å². The molecule has 0 saturated heterocycles. The summed E-state index contributed by atoms with van der Waals surface area (Å²) in [5.41, 5.74) is 0. The molecular weight excluding hydrogens is 138 g/mol. The molecule has 0 amide bonds. The van der Waals surface area contributed by atoms with Crippen molar-refractivity contribution in [3.05, 3.63) is 0 Å². The van der Waals surface area contributed by atoms with Crippen LogP contribution in [0.15, 0.2) is 5.16 Å². The van der Waals surface area contributed by atoms with E-state index in [0.717, 1.165) is 12.5 Å². The van der Waals surface area contributed by atoms with Gasteiger partial charge in [0.25, 0.3) is 0 Å². The summed E-state index contributed by atoms with van der Waals surface area (Å²) in [6, 6.07) is 0. The first-order chi connectivity index (χ1) is 5.16. The van der Waals surface area contributed by atoms with Crippen molar-refractivity contribution in [3.63, 3.8) is 0 Å². The first kappa shape index (κ1) is 10.5. The molecule has 0 rings (SSSR count). The number of oxime groups is 1. The van der Waals surface area contributed by atoms with E-state index in [1.54, 1.807) is 6.21 Å². The summed E-state index contributed by atoms with van der Waals surface area (Å²) in [5, 5.41) is 3.69. The molecule has 66 valence electrons. The molecular formula is C9H19NO. The largest absolute Gasteiger partial charge is 0.396 e. The fourth-order valence-corrected chi connectivity index (χ4v) is 1.12. The molecule has 1 atom stereocenters. The Bertz CT molecular complexity index is 110. The quantitative estimate of drug-likeness (QED) is 0.444. The Morgan fingerprint density at radius 3 is 2.45 bits per heavy atom. The van der Waals surface area contributed by atoms with E-state index >= 15 is 0 Å². The number of hydrogen-bond donors (Lipinski definition) is 0. The Labute approximate surface area is 69.6 Å².